The number of aromatic nitrogens is 2. The highest BCUT2D eigenvalue weighted by Gasteiger charge is 2.35. The minimum Gasteiger partial charge on any atom is -0.486 e. The molecule has 1 fully saturated rings. The van der Waals surface area contributed by atoms with E-state index in [4.69, 9.17) is 24.7 Å². The molecule has 2 aliphatic heterocycles. The van der Waals surface area contributed by atoms with Gasteiger partial charge in [-0.15, -0.1) is 0 Å². The number of nitrogens with zero attached hydrogens (tertiary/aromatic N) is 3. The maximum absolute atomic E-state index is 12.5. The van der Waals surface area contributed by atoms with Crippen molar-refractivity contribution < 1.29 is 23.7 Å². The molecule has 5 rings (SSSR count). The summed E-state index contributed by atoms with van der Waals surface area (Å²) in [5, 5.41) is 0. The van der Waals surface area contributed by atoms with Crippen molar-refractivity contribution in [2.45, 2.75) is 37.8 Å². The smallest absolute Gasteiger partial charge is 0.414 e. The zero-order valence-corrected chi connectivity index (χ0v) is 19.1. The number of aryl methyl sites for hydroxylation is 1. The lowest BCUT2D eigenvalue weighted by Crippen LogP contribution is -2.35. The number of hydrogen-bond donors (Lipinski definition) is 1. The van der Waals surface area contributed by atoms with E-state index in [0.717, 1.165) is 48.0 Å². The van der Waals surface area contributed by atoms with E-state index in [1.807, 2.05) is 36.4 Å². The van der Waals surface area contributed by atoms with Crippen molar-refractivity contribution in [3.63, 3.8) is 0 Å². The Kier molecular flexibility index (Phi) is 6.35. The first-order chi connectivity index (χ1) is 16.6. The van der Waals surface area contributed by atoms with Crippen molar-refractivity contribution in [2.24, 2.45) is 5.73 Å². The molecule has 1 saturated heterocycles. The van der Waals surface area contributed by atoms with Crippen LogP contribution in [0.2, 0.25) is 0 Å². The van der Waals surface area contributed by atoms with Gasteiger partial charge in [-0.1, -0.05) is 0 Å². The fraction of sp³-hybridized carbons (Fsp3) is 0.400. The Morgan fingerprint density at radius 2 is 1.97 bits per heavy atom. The molecule has 0 saturated carbocycles. The second-order valence-corrected chi connectivity index (χ2v) is 8.50. The molecule has 0 aliphatic carbocycles. The van der Waals surface area contributed by atoms with Crippen molar-refractivity contribution in [3.8, 4) is 17.4 Å². The standard InChI is InChI=1S/C25H28N4O5/c1-31-23-9-7-20-24(28-23)16(10-11-27-20)2-3-17(26)4-5-19-15-34-25(30)29(19)18-6-8-21-22(14-18)33-13-12-32-21/h6-11,14,17,19H,2-5,12-13,15,26H2,1H3/t17-,19+/m1/s1. The number of pyridine rings is 2. The normalized spacial score (nSPS) is 18.1. The summed E-state index contributed by atoms with van der Waals surface area (Å²) < 4.78 is 21.9. The number of hydrogen-bond acceptors (Lipinski definition) is 8. The van der Waals surface area contributed by atoms with Gasteiger partial charge in [-0.25, -0.2) is 9.78 Å². The third kappa shape index (κ3) is 4.56. The molecule has 9 heteroatoms. The van der Waals surface area contributed by atoms with Gasteiger partial charge in [-0.3, -0.25) is 9.88 Å². The molecular weight excluding hydrogens is 436 g/mol. The second kappa shape index (κ2) is 9.72. The molecule has 2 aromatic heterocycles. The van der Waals surface area contributed by atoms with Crippen LogP contribution in [0.1, 0.15) is 24.8 Å². The lowest BCUT2D eigenvalue weighted by atomic mass is 9.99. The number of ether oxygens (including phenoxy) is 4. The number of anilines is 1. The van der Waals surface area contributed by atoms with E-state index in [9.17, 15) is 4.79 Å². The Morgan fingerprint density at radius 1 is 1.12 bits per heavy atom. The van der Waals surface area contributed by atoms with Crippen LogP contribution in [-0.2, 0) is 11.2 Å². The van der Waals surface area contributed by atoms with Gasteiger partial charge in [0, 0.05) is 24.4 Å². The van der Waals surface area contributed by atoms with Crippen molar-refractivity contribution >= 4 is 22.8 Å². The quantitative estimate of drug-likeness (QED) is 0.540. The van der Waals surface area contributed by atoms with Crippen molar-refractivity contribution in [1.82, 2.24) is 9.97 Å². The zero-order valence-electron chi connectivity index (χ0n) is 19.1. The number of carbonyl (C=O) groups is 1. The minimum absolute atomic E-state index is 0.0216. The Bertz CT molecular complexity index is 1190. The minimum atomic E-state index is -0.349. The zero-order chi connectivity index (χ0) is 23.5. The van der Waals surface area contributed by atoms with E-state index >= 15 is 0 Å². The van der Waals surface area contributed by atoms with Crippen LogP contribution in [0.3, 0.4) is 0 Å². The molecule has 0 unspecified atom stereocenters. The van der Waals surface area contributed by atoms with Crippen molar-refractivity contribution in [1.29, 1.82) is 0 Å². The summed E-state index contributed by atoms with van der Waals surface area (Å²) in [6, 6.07) is 11.1. The SMILES string of the molecule is COc1ccc2nccc(CC[C@@H](N)CC[C@H]3COC(=O)N3c3ccc4c(c3)OCCO4)c2n1. The van der Waals surface area contributed by atoms with Crippen LogP contribution in [0.5, 0.6) is 17.4 Å². The fourth-order valence-electron chi connectivity index (χ4n) is 4.44. The molecule has 34 heavy (non-hydrogen) atoms. The number of rotatable bonds is 8. The molecular formula is C25H28N4O5. The number of carbonyl (C=O) groups excluding carboxylic acids is 1. The topological polar surface area (TPSA) is 109 Å². The lowest BCUT2D eigenvalue weighted by Gasteiger charge is -2.25. The highest BCUT2D eigenvalue weighted by molar-refractivity contribution is 5.90. The molecule has 0 spiro atoms. The summed E-state index contributed by atoms with van der Waals surface area (Å²) in [4.78, 5) is 23.1. The summed E-state index contributed by atoms with van der Waals surface area (Å²) in [6.07, 6.45) is 4.53. The number of cyclic esters (lactones) is 1. The molecule has 2 N–H and O–H groups in total. The number of amides is 1. The van der Waals surface area contributed by atoms with Crippen LogP contribution in [-0.4, -0.2) is 55.1 Å². The molecule has 1 aromatic carbocycles. The van der Waals surface area contributed by atoms with Gasteiger partial charge in [-0.2, -0.15) is 0 Å². The first-order valence-electron chi connectivity index (χ1n) is 11.5. The van der Waals surface area contributed by atoms with Crippen molar-refractivity contribution in [3.05, 3.63) is 48.2 Å². The average molecular weight is 465 g/mol. The number of nitrogens with two attached hydrogens (primary N) is 1. The number of fused-ring (bicyclic) bond motifs is 2. The molecule has 2 atom stereocenters. The van der Waals surface area contributed by atoms with Crippen LogP contribution in [0.25, 0.3) is 11.0 Å². The van der Waals surface area contributed by atoms with Crippen molar-refractivity contribution in [2.75, 3.05) is 31.8 Å². The average Bonchev–Trinajstić information content (AvgIpc) is 3.25. The van der Waals surface area contributed by atoms with Gasteiger partial charge in [0.05, 0.1) is 29.9 Å². The molecule has 0 bridgehead atoms. The Morgan fingerprint density at radius 3 is 2.82 bits per heavy atom. The summed E-state index contributed by atoms with van der Waals surface area (Å²) in [7, 11) is 1.60. The van der Waals surface area contributed by atoms with Gasteiger partial charge in [0.2, 0.25) is 5.88 Å². The highest BCUT2D eigenvalue weighted by Crippen LogP contribution is 2.36. The largest absolute Gasteiger partial charge is 0.486 e. The molecule has 2 aliphatic rings. The molecule has 9 nitrogen and oxygen atoms in total. The summed E-state index contributed by atoms with van der Waals surface area (Å²) in [5.41, 5.74) is 9.98. The van der Waals surface area contributed by atoms with Gasteiger partial charge in [0.1, 0.15) is 19.8 Å². The fourth-order valence-corrected chi connectivity index (χ4v) is 4.44. The van der Waals surface area contributed by atoms with Gasteiger partial charge < -0.3 is 24.7 Å². The van der Waals surface area contributed by atoms with Crippen LogP contribution in [0.15, 0.2) is 42.6 Å². The maximum atomic E-state index is 12.5. The van der Waals surface area contributed by atoms with E-state index in [2.05, 4.69) is 9.97 Å². The molecule has 0 radical (unpaired) electrons. The lowest BCUT2D eigenvalue weighted by molar-refractivity contribution is 0.171. The molecule has 4 heterocycles. The van der Waals surface area contributed by atoms with Crippen LogP contribution in [0, 0.1) is 0 Å². The van der Waals surface area contributed by atoms with E-state index in [-0.39, 0.29) is 18.2 Å². The molecule has 1 amide bonds. The van der Waals surface area contributed by atoms with E-state index in [1.54, 1.807) is 18.2 Å². The summed E-state index contributed by atoms with van der Waals surface area (Å²) >= 11 is 0. The number of methoxy groups -OCH3 is 1. The predicted octanol–water partition coefficient (Wildman–Crippen LogP) is 3.48. The summed E-state index contributed by atoms with van der Waals surface area (Å²) in [6.45, 7) is 1.37. The third-order valence-corrected chi connectivity index (χ3v) is 6.27. The van der Waals surface area contributed by atoms with Gasteiger partial charge in [-0.05, 0) is 55.5 Å². The van der Waals surface area contributed by atoms with Crippen LogP contribution < -0.4 is 24.8 Å². The second-order valence-electron chi connectivity index (χ2n) is 8.50. The summed E-state index contributed by atoms with van der Waals surface area (Å²) in [5.74, 6) is 1.90. The Labute approximate surface area is 197 Å². The molecule has 3 aromatic rings. The predicted molar refractivity (Wildman–Crippen MR) is 127 cm³/mol. The van der Waals surface area contributed by atoms with E-state index < -0.39 is 0 Å². The van der Waals surface area contributed by atoms with Gasteiger partial charge in [0.15, 0.2) is 11.5 Å². The number of benzene rings is 1. The van der Waals surface area contributed by atoms with E-state index in [0.29, 0.717) is 37.2 Å². The van der Waals surface area contributed by atoms with Gasteiger partial charge >= 0.3 is 6.09 Å². The van der Waals surface area contributed by atoms with Crippen LogP contribution >= 0.6 is 0 Å². The highest BCUT2D eigenvalue weighted by atomic mass is 16.6. The van der Waals surface area contributed by atoms with Gasteiger partial charge in [0.25, 0.3) is 0 Å². The third-order valence-electron chi connectivity index (χ3n) is 6.27. The Balaban J connectivity index is 1.21. The van der Waals surface area contributed by atoms with E-state index in [1.165, 1.54) is 0 Å². The Hall–Kier alpha value is -3.59. The monoisotopic (exact) mass is 464 g/mol. The maximum Gasteiger partial charge on any atom is 0.414 e. The molecule has 178 valence electrons. The first kappa shape index (κ1) is 22.2. The van der Waals surface area contributed by atoms with Crippen LogP contribution in [0.4, 0.5) is 10.5 Å². The first-order valence-corrected chi connectivity index (χ1v) is 11.5.